The molecule has 2 rings (SSSR count). The summed E-state index contributed by atoms with van der Waals surface area (Å²) < 4.78 is 0. The lowest BCUT2D eigenvalue weighted by atomic mass is 10.0. The topological polar surface area (TPSA) is 67.2 Å². The summed E-state index contributed by atoms with van der Waals surface area (Å²) >= 11 is 0. The van der Waals surface area contributed by atoms with Gasteiger partial charge in [-0.1, -0.05) is 12.2 Å². The van der Waals surface area contributed by atoms with E-state index in [0.717, 1.165) is 24.9 Å². The number of allylic oxidation sites excluding steroid dienone is 1. The van der Waals surface area contributed by atoms with Gasteiger partial charge in [-0.15, -0.1) is 0 Å². The van der Waals surface area contributed by atoms with Gasteiger partial charge in [-0.2, -0.15) is 0 Å². The van der Waals surface area contributed by atoms with Gasteiger partial charge >= 0.3 is 0 Å². The molecule has 0 spiro atoms. The minimum atomic E-state index is -0.0610. The van der Waals surface area contributed by atoms with E-state index in [1.165, 1.54) is 0 Å². The van der Waals surface area contributed by atoms with Gasteiger partial charge in [0.15, 0.2) is 0 Å². The third-order valence-corrected chi connectivity index (χ3v) is 3.28. The first-order chi connectivity index (χ1) is 9.20. The van der Waals surface area contributed by atoms with Gasteiger partial charge in [-0.3, -0.25) is 4.79 Å². The van der Waals surface area contributed by atoms with E-state index in [4.69, 9.17) is 5.73 Å². The quantitative estimate of drug-likeness (QED) is 0.575. The van der Waals surface area contributed by atoms with Crippen LogP contribution in [0.3, 0.4) is 0 Å². The van der Waals surface area contributed by atoms with Crippen LogP contribution in [0.5, 0.6) is 0 Å². The number of nitrogens with two attached hydrogens (primary N) is 1. The Kier molecular flexibility index (Phi) is 4.44. The van der Waals surface area contributed by atoms with Gasteiger partial charge in [0.2, 0.25) is 0 Å². The average molecular weight is 259 g/mol. The second kappa shape index (κ2) is 6.27. The van der Waals surface area contributed by atoms with E-state index in [-0.39, 0.29) is 5.91 Å². The molecule has 0 saturated carbocycles. The number of carbonyl (C=O) groups excluding carboxylic acids is 1. The fourth-order valence-corrected chi connectivity index (χ4v) is 2.23. The van der Waals surface area contributed by atoms with Crippen LogP contribution in [0.15, 0.2) is 30.4 Å². The third-order valence-electron chi connectivity index (χ3n) is 3.28. The molecule has 1 unspecified atom stereocenters. The molecule has 0 aromatic heterocycles. The Hall–Kier alpha value is -1.97. The van der Waals surface area contributed by atoms with Gasteiger partial charge in [0.1, 0.15) is 0 Å². The fraction of sp³-hybridized carbons (Fsp3) is 0.400. The fourth-order valence-electron chi connectivity index (χ4n) is 2.23. The van der Waals surface area contributed by atoms with Crippen LogP contribution in [-0.4, -0.2) is 18.5 Å². The Labute approximate surface area is 114 Å². The van der Waals surface area contributed by atoms with Crippen molar-refractivity contribution >= 4 is 17.3 Å². The van der Waals surface area contributed by atoms with Crippen molar-refractivity contribution in [2.75, 3.05) is 17.6 Å². The second-order valence-corrected chi connectivity index (χ2v) is 4.79. The lowest BCUT2D eigenvalue weighted by Crippen LogP contribution is -2.24. The summed E-state index contributed by atoms with van der Waals surface area (Å²) in [5.74, 6) is -0.0610. The highest BCUT2D eigenvalue weighted by Crippen LogP contribution is 2.24. The number of hydrogen-bond donors (Lipinski definition) is 3. The van der Waals surface area contributed by atoms with Crippen LogP contribution >= 0.6 is 0 Å². The van der Waals surface area contributed by atoms with Crippen molar-refractivity contribution < 1.29 is 4.79 Å². The van der Waals surface area contributed by atoms with E-state index < -0.39 is 0 Å². The van der Waals surface area contributed by atoms with E-state index in [1.807, 2.05) is 13.0 Å². The largest absolute Gasteiger partial charge is 0.397 e. The van der Waals surface area contributed by atoms with Crippen LogP contribution in [-0.2, 0) is 0 Å². The standard InChI is InChI=1S/C15H21N3O/c1-2-17-15(19)11-8-9-13(16)14(10-11)18-12-6-4-3-5-7-12/h3-4,8-10,12,18H,2,5-7,16H2,1H3,(H,17,19). The number of carbonyl (C=O) groups is 1. The number of nitrogens with one attached hydrogen (secondary N) is 2. The van der Waals surface area contributed by atoms with E-state index in [1.54, 1.807) is 12.1 Å². The molecule has 1 aliphatic carbocycles. The van der Waals surface area contributed by atoms with Gasteiger partial charge in [0.25, 0.3) is 5.91 Å². The molecule has 1 aliphatic rings. The molecule has 1 aromatic rings. The zero-order valence-electron chi connectivity index (χ0n) is 11.3. The lowest BCUT2D eigenvalue weighted by molar-refractivity contribution is 0.0956. The van der Waals surface area contributed by atoms with Crippen molar-refractivity contribution in [1.82, 2.24) is 5.32 Å². The summed E-state index contributed by atoms with van der Waals surface area (Å²) in [6, 6.07) is 5.77. The summed E-state index contributed by atoms with van der Waals surface area (Å²) in [5, 5.41) is 6.22. The molecule has 19 heavy (non-hydrogen) atoms. The van der Waals surface area contributed by atoms with E-state index >= 15 is 0 Å². The summed E-state index contributed by atoms with van der Waals surface area (Å²) in [7, 11) is 0. The zero-order chi connectivity index (χ0) is 13.7. The molecule has 0 aliphatic heterocycles. The van der Waals surface area contributed by atoms with Crippen molar-refractivity contribution in [2.24, 2.45) is 0 Å². The van der Waals surface area contributed by atoms with Crippen molar-refractivity contribution in [3.05, 3.63) is 35.9 Å². The highest BCUT2D eigenvalue weighted by Gasteiger charge is 2.13. The molecule has 4 N–H and O–H groups in total. The van der Waals surface area contributed by atoms with Crippen LogP contribution < -0.4 is 16.4 Å². The molecule has 4 nitrogen and oxygen atoms in total. The Morgan fingerprint density at radius 1 is 1.42 bits per heavy atom. The molecule has 0 bridgehead atoms. The molecular weight excluding hydrogens is 238 g/mol. The maximum atomic E-state index is 11.8. The summed E-state index contributed by atoms with van der Waals surface area (Å²) in [5.41, 5.74) is 8.15. The number of nitrogen functional groups attached to an aromatic ring is 1. The van der Waals surface area contributed by atoms with E-state index in [9.17, 15) is 4.79 Å². The molecular formula is C15H21N3O. The molecule has 0 heterocycles. The first kappa shape index (κ1) is 13.5. The first-order valence-electron chi connectivity index (χ1n) is 6.80. The van der Waals surface area contributed by atoms with E-state index in [0.29, 0.717) is 23.8 Å². The minimum absolute atomic E-state index is 0.0610. The van der Waals surface area contributed by atoms with Crippen molar-refractivity contribution in [3.8, 4) is 0 Å². The van der Waals surface area contributed by atoms with Gasteiger partial charge in [-0.25, -0.2) is 0 Å². The monoisotopic (exact) mass is 259 g/mol. The predicted octanol–water partition coefficient (Wildman–Crippen LogP) is 2.54. The maximum absolute atomic E-state index is 11.8. The molecule has 0 radical (unpaired) electrons. The molecule has 0 saturated heterocycles. The second-order valence-electron chi connectivity index (χ2n) is 4.79. The van der Waals surface area contributed by atoms with Crippen molar-refractivity contribution in [3.63, 3.8) is 0 Å². The van der Waals surface area contributed by atoms with Crippen LogP contribution in [0.1, 0.15) is 36.5 Å². The third kappa shape index (κ3) is 3.50. The summed E-state index contributed by atoms with van der Waals surface area (Å²) in [4.78, 5) is 11.8. The van der Waals surface area contributed by atoms with Gasteiger partial charge < -0.3 is 16.4 Å². The van der Waals surface area contributed by atoms with Crippen molar-refractivity contribution in [1.29, 1.82) is 0 Å². The number of anilines is 2. The van der Waals surface area contributed by atoms with E-state index in [2.05, 4.69) is 22.8 Å². The highest BCUT2D eigenvalue weighted by molar-refractivity contribution is 5.96. The Morgan fingerprint density at radius 2 is 2.26 bits per heavy atom. The van der Waals surface area contributed by atoms with Crippen LogP contribution in [0.25, 0.3) is 0 Å². The first-order valence-corrected chi connectivity index (χ1v) is 6.80. The Balaban J connectivity index is 2.12. The molecule has 1 atom stereocenters. The van der Waals surface area contributed by atoms with Crippen LogP contribution in [0.2, 0.25) is 0 Å². The van der Waals surface area contributed by atoms with Crippen LogP contribution in [0.4, 0.5) is 11.4 Å². The number of amides is 1. The zero-order valence-corrected chi connectivity index (χ0v) is 11.3. The molecule has 4 heteroatoms. The van der Waals surface area contributed by atoms with Crippen LogP contribution in [0, 0.1) is 0 Å². The molecule has 0 fully saturated rings. The van der Waals surface area contributed by atoms with Gasteiger partial charge in [0.05, 0.1) is 11.4 Å². The average Bonchev–Trinajstić information content (AvgIpc) is 2.42. The normalized spacial score (nSPS) is 18.1. The number of rotatable bonds is 4. The predicted molar refractivity (Wildman–Crippen MR) is 79.3 cm³/mol. The molecule has 1 amide bonds. The Morgan fingerprint density at radius 3 is 2.95 bits per heavy atom. The smallest absolute Gasteiger partial charge is 0.251 e. The van der Waals surface area contributed by atoms with Gasteiger partial charge in [0, 0.05) is 18.2 Å². The summed E-state index contributed by atoms with van der Waals surface area (Å²) in [6.45, 7) is 2.53. The summed E-state index contributed by atoms with van der Waals surface area (Å²) in [6.07, 6.45) is 7.58. The van der Waals surface area contributed by atoms with Crippen molar-refractivity contribution in [2.45, 2.75) is 32.2 Å². The van der Waals surface area contributed by atoms with Gasteiger partial charge in [-0.05, 0) is 44.4 Å². The maximum Gasteiger partial charge on any atom is 0.251 e. The number of benzene rings is 1. The SMILES string of the molecule is CCNC(=O)c1ccc(N)c(NC2CC=CCC2)c1. The Bertz CT molecular complexity index is 482. The highest BCUT2D eigenvalue weighted by atomic mass is 16.1. The molecule has 1 aromatic carbocycles. The number of hydrogen-bond acceptors (Lipinski definition) is 3. The minimum Gasteiger partial charge on any atom is -0.397 e. The lowest BCUT2D eigenvalue weighted by Gasteiger charge is -2.22. The molecule has 102 valence electrons.